The number of benzene rings is 1. The Morgan fingerprint density at radius 1 is 1.12 bits per heavy atom. The lowest BCUT2D eigenvalue weighted by Gasteiger charge is -2.53. The number of nitrogens with two attached hydrogens (primary N) is 1. The van der Waals surface area contributed by atoms with E-state index in [0.717, 1.165) is 6.07 Å². The molecule has 1 aromatic rings. The van der Waals surface area contributed by atoms with Crippen molar-refractivity contribution in [3.05, 3.63) is 52.0 Å². The molecule has 12 nitrogen and oxygen atoms in total. The predicted molar refractivity (Wildman–Crippen MR) is 112 cm³/mol. The maximum atomic E-state index is 13.3. The summed E-state index contributed by atoms with van der Waals surface area (Å²) in [5.41, 5.74) is -0.293. The smallest absolute Gasteiger partial charge is 0.311 e. The largest absolute Gasteiger partial charge is 0.510 e. The van der Waals surface area contributed by atoms with Gasteiger partial charge in [0.15, 0.2) is 11.4 Å². The third-order valence-electron chi connectivity index (χ3n) is 6.93. The van der Waals surface area contributed by atoms with Crippen LogP contribution in [0.25, 0.3) is 0 Å². The molecular weight excluding hydrogens is 452 g/mol. The quantitative estimate of drug-likeness (QED) is 0.256. The highest BCUT2D eigenvalue weighted by atomic mass is 16.4. The lowest BCUT2D eigenvalue weighted by atomic mass is 9.55. The van der Waals surface area contributed by atoms with Crippen LogP contribution in [0.2, 0.25) is 0 Å². The first-order chi connectivity index (χ1) is 15.8. The molecule has 0 saturated carbocycles. The van der Waals surface area contributed by atoms with Crippen LogP contribution in [0.15, 0.2) is 40.9 Å². The monoisotopic (exact) mass is 474 g/mol. The molecule has 0 unspecified atom stereocenters. The molecule has 4 rings (SSSR count). The summed E-state index contributed by atoms with van der Waals surface area (Å²) in [7, 11) is 2.76. The molecule has 0 radical (unpaired) electrons. The molecule has 0 spiro atoms. The number of hydrogen-bond donors (Lipinski definition) is 7. The first-order valence-corrected chi connectivity index (χ1v) is 10.2. The zero-order valence-electron chi connectivity index (χ0n) is 18.0. The normalized spacial score (nSPS) is 32.9. The standard InChI is InChI=1S/C22H22N2O10/c1-24(2)14-13-16(27)10-9(21(32)33)6-4-3-5-7(25)8(6)15(26)11(10)18(29)22(13,34)19(30)12(17(14)28)20(23)31/h3-5,9-10,13-14,16,25,27-29,34H,1-2H3,(H2,23,31)(H,32,33)/t9-,10-,13-,14+,16+,22+/m1/s1. The highest BCUT2D eigenvalue weighted by molar-refractivity contribution is 6.25. The molecule has 0 aliphatic heterocycles. The SMILES string of the molecule is CN(C)[C@@H]1C(O)=C(C(N)=O)C(=O)[C@@]2(O)C(O)=C3C(=O)c4c(O)cccc4[C@@H](C(=O)O)[C@H]3[C@H](O)[C@@H]12. The molecule has 3 aliphatic carbocycles. The van der Waals surface area contributed by atoms with Crippen LogP contribution >= 0.6 is 0 Å². The first kappa shape index (κ1) is 23.4. The van der Waals surface area contributed by atoms with Crippen molar-refractivity contribution in [2.75, 3.05) is 14.1 Å². The van der Waals surface area contributed by atoms with Crippen LogP contribution in [0.3, 0.4) is 0 Å². The van der Waals surface area contributed by atoms with Crippen LogP contribution in [-0.4, -0.2) is 90.8 Å². The van der Waals surface area contributed by atoms with Crippen LogP contribution in [0.1, 0.15) is 21.8 Å². The van der Waals surface area contributed by atoms with Gasteiger partial charge in [0.2, 0.25) is 5.78 Å². The maximum absolute atomic E-state index is 13.3. The van der Waals surface area contributed by atoms with Crippen molar-refractivity contribution in [2.24, 2.45) is 17.6 Å². The molecule has 0 saturated heterocycles. The number of likely N-dealkylation sites (N-methyl/N-ethyl adjacent to an activating group) is 1. The fourth-order valence-electron chi connectivity index (χ4n) is 5.57. The van der Waals surface area contributed by atoms with Crippen molar-refractivity contribution in [1.29, 1.82) is 0 Å². The predicted octanol–water partition coefficient (Wildman–Crippen LogP) is -1.28. The second-order valence-corrected chi connectivity index (χ2v) is 8.82. The summed E-state index contributed by atoms with van der Waals surface area (Å²) in [6.45, 7) is 0. The van der Waals surface area contributed by atoms with Gasteiger partial charge in [-0.1, -0.05) is 12.1 Å². The number of nitrogens with zero attached hydrogens (tertiary/aromatic N) is 1. The van der Waals surface area contributed by atoms with Crippen molar-refractivity contribution in [3.63, 3.8) is 0 Å². The number of amides is 1. The molecule has 12 heteroatoms. The fourth-order valence-corrected chi connectivity index (χ4v) is 5.57. The third-order valence-corrected chi connectivity index (χ3v) is 6.93. The number of aliphatic hydroxyl groups is 4. The van der Waals surface area contributed by atoms with Gasteiger partial charge in [-0.25, -0.2) is 0 Å². The molecule has 0 heterocycles. The van der Waals surface area contributed by atoms with E-state index >= 15 is 0 Å². The van der Waals surface area contributed by atoms with Gasteiger partial charge in [-0.3, -0.25) is 24.1 Å². The second kappa shape index (κ2) is 7.38. The summed E-state index contributed by atoms with van der Waals surface area (Å²) >= 11 is 0. The Hall–Kier alpha value is -3.74. The molecule has 0 fully saturated rings. The minimum absolute atomic E-state index is 0.135. The number of Topliss-reactive ketones (excluding diaryl/α,β-unsaturated/α-hetero) is 2. The van der Waals surface area contributed by atoms with Crippen LogP contribution < -0.4 is 5.73 Å². The number of hydrogen-bond acceptors (Lipinski definition) is 10. The highest BCUT2D eigenvalue weighted by Gasteiger charge is 2.68. The van der Waals surface area contributed by atoms with E-state index in [1.165, 1.54) is 31.1 Å². The number of aliphatic hydroxyl groups excluding tert-OH is 3. The van der Waals surface area contributed by atoms with E-state index in [-0.39, 0.29) is 5.56 Å². The highest BCUT2D eigenvalue weighted by Crippen LogP contribution is 2.55. The van der Waals surface area contributed by atoms with E-state index in [1.807, 2.05) is 0 Å². The Kier molecular flexibility index (Phi) is 5.09. The molecule has 1 aromatic carbocycles. The Balaban J connectivity index is 2.11. The van der Waals surface area contributed by atoms with Crippen LogP contribution in [0, 0.1) is 11.8 Å². The average Bonchev–Trinajstić information content (AvgIpc) is 2.73. The van der Waals surface area contributed by atoms with E-state index in [0.29, 0.717) is 0 Å². The molecule has 3 aliphatic rings. The number of fused-ring (bicyclic) bond motifs is 3. The van der Waals surface area contributed by atoms with Crippen LogP contribution in [-0.2, 0) is 14.4 Å². The maximum Gasteiger partial charge on any atom is 0.311 e. The molecule has 34 heavy (non-hydrogen) atoms. The van der Waals surface area contributed by atoms with Gasteiger partial charge in [0.1, 0.15) is 22.8 Å². The van der Waals surface area contributed by atoms with Crippen molar-refractivity contribution in [1.82, 2.24) is 4.90 Å². The average molecular weight is 474 g/mol. The first-order valence-electron chi connectivity index (χ1n) is 10.2. The molecule has 0 aromatic heterocycles. The van der Waals surface area contributed by atoms with Crippen molar-refractivity contribution < 1.29 is 49.8 Å². The lowest BCUT2D eigenvalue weighted by molar-refractivity contribution is -0.164. The number of aromatic hydroxyl groups is 1. The van der Waals surface area contributed by atoms with E-state index < -0.39 is 92.9 Å². The van der Waals surface area contributed by atoms with Gasteiger partial charge in [-0.2, -0.15) is 0 Å². The van der Waals surface area contributed by atoms with Gasteiger partial charge >= 0.3 is 5.97 Å². The Bertz CT molecular complexity index is 1230. The molecule has 1 amide bonds. The van der Waals surface area contributed by atoms with Gasteiger partial charge in [0.25, 0.3) is 5.91 Å². The molecule has 8 N–H and O–H groups in total. The Labute approximate surface area is 191 Å². The topological polar surface area (TPSA) is 219 Å². The number of primary amides is 1. The fraction of sp³-hybridized carbons (Fsp3) is 0.364. The van der Waals surface area contributed by atoms with Crippen LogP contribution in [0.4, 0.5) is 0 Å². The zero-order valence-corrected chi connectivity index (χ0v) is 18.0. The summed E-state index contributed by atoms with van der Waals surface area (Å²) in [6, 6.07) is 2.21. The number of phenolic OH excluding ortho intramolecular Hbond substituents is 1. The third kappa shape index (κ3) is 2.70. The number of carbonyl (C=O) groups is 4. The summed E-state index contributed by atoms with van der Waals surface area (Å²) in [6.07, 6.45) is -1.98. The second-order valence-electron chi connectivity index (χ2n) is 8.82. The van der Waals surface area contributed by atoms with Crippen molar-refractivity contribution in [2.45, 2.75) is 23.7 Å². The lowest BCUT2D eigenvalue weighted by Crippen LogP contribution is -2.68. The summed E-state index contributed by atoms with van der Waals surface area (Å²) in [4.78, 5) is 52.0. The van der Waals surface area contributed by atoms with E-state index in [1.54, 1.807) is 0 Å². The molecule has 6 atom stereocenters. The minimum atomic E-state index is -3.10. The van der Waals surface area contributed by atoms with Gasteiger partial charge in [-0.15, -0.1) is 0 Å². The van der Waals surface area contributed by atoms with E-state index in [9.17, 15) is 49.8 Å². The Morgan fingerprint density at radius 3 is 2.26 bits per heavy atom. The van der Waals surface area contributed by atoms with E-state index in [2.05, 4.69) is 0 Å². The molecule has 180 valence electrons. The van der Waals surface area contributed by atoms with Gasteiger partial charge in [0.05, 0.1) is 29.5 Å². The van der Waals surface area contributed by atoms with Crippen LogP contribution in [0.5, 0.6) is 5.75 Å². The van der Waals surface area contributed by atoms with Gasteiger partial charge < -0.3 is 36.4 Å². The minimum Gasteiger partial charge on any atom is -0.510 e. The number of carboxylic acid groups (broad SMARTS) is 1. The Morgan fingerprint density at radius 2 is 1.74 bits per heavy atom. The number of carboxylic acids is 1. The van der Waals surface area contributed by atoms with Crippen molar-refractivity contribution >= 4 is 23.4 Å². The van der Waals surface area contributed by atoms with Gasteiger partial charge in [0, 0.05) is 11.5 Å². The number of ketones is 2. The zero-order chi connectivity index (χ0) is 25.4. The van der Waals surface area contributed by atoms with E-state index in [4.69, 9.17) is 5.73 Å². The number of phenols is 1. The van der Waals surface area contributed by atoms with Crippen molar-refractivity contribution in [3.8, 4) is 5.75 Å². The van der Waals surface area contributed by atoms with Gasteiger partial charge in [-0.05, 0) is 25.7 Å². The molecule has 0 bridgehead atoms. The summed E-state index contributed by atoms with van der Waals surface area (Å²) in [5, 5.41) is 65.0. The number of aliphatic carboxylic acids is 1. The molecular formula is C22H22N2O10. The number of rotatable bonds is 3. The number of carbonyl (C=O) groups excluding carboxylic acids is 3. The summed E-state index contributed by atoms with van der Waals surface area (Å²) in [5.74, 6) is -13.5. The summed E-state index contributed by atoms with van der Waals surface area (Å²) < 4.78 is 0.